The molecule has 0 amide bonds. The van der Waals surface area contributed by atoms with E-state index in [-0.39, 0.29) is 0 Å². The lowest BCUT2D eigenvalue weighted by Crippen LogP contribution is -1.88. The third-order valence-corrected chi connectivity index (χ3v) is 2.31. The van der Waals surface area contributed by atoms with Gasteiger partial charge in [-0.2, -0.15) is 0 Å². The van der Waals surface area contributed by atoms with E-state index in [1.807, 2.05) is 57.2 Å². The Morgan fingerprint density at radius 2 is 1.94 bits per heavy atom. The van der Waals surface area contributed by atoms with Crippen molar-refractivity contribution in [2.45, 2.75) is 20.8 Å². The third-order valence-electron chi connectivity index (χ3n) is 2.31. The van der Waals surface area contributed by atoms with Crippen molar-refractivity contribution in [3.05, 3.63) is 53.3 Å². The zero-order valence-corrected chi connectivity index (χ0v) is 10.4. The molecule has 0 radical (unpaired) electrons. The molecular weight excluding hydrogens is 196 g/mol. The van der Waals surface area contributed by atoms with Crippen LogP contribution in [-0.2, 0) is 0 Å². The lowest BCUT2D eigenvalue weighted by molar-refractivity contribution is 0.413. The van der Waals surface area contributed by atoms with Crippen LogP contribution in [0.3, 0.4) is 0 Å². The lowest BCUT2D eigenvalue weighted by Gasteiger charge is -2.06. The fraction of sp³-hybridized carbons (Fsp3) is 0.267. The molecule has 0 saturated heterocycles. The average molecular weight is 214 g/mol. The summed E-state index contributed by atoms with van der Waals surface area (Å²) in [5.74, 6) is 0.890. The van der Waals surface area contributed by atoms with Gasteiger partial charge in [-0.15, -0.1) is 5.73 Å². The highest BCUT2D eigenvalue weighted by atomic mass is 16.5. The van der Waals surface area contributed by atoms with Crippen molar-refractivity contribution in [3.63, 3.8) is 0 Å². The summed E-state index contributed by atoms with van der Waals surface area (Å²) in [5.41, 5.74) is 6.64. The number of ether oxygens (including phenoxy) is 1. The van der Waals surface area contributed by atoms with Crippen LogP contribution in [0.15, 0.2) is 47.7 Å². The molecule has 0 spiro atoms. The fourth-order valence-electron chi connectivity index (χ4n) is 1.61. The van der Waals surface area contributed by atoms with Gasteiger partial charge in [0.15, 0.2) is 0 Å². The van der Waals surface area contributed by atoms with Crippen LogP contribution in [0.25, 0.3) is 5.57 Å². The van der Waals surface area contributed by atoms with Crippen molar-refractivity contribution in [1.82, 2.24) is 0 Å². The van der Waals surface area contributed by atoms with Gasteiger partial charge < -0.3 is 4.74 Å². The van der Waals surface area contributed by atoms with E-state index in [4.69, 9.17) is 4.74 Å². The first-order valence-electron chi connectivity index (χ1n) is 5.39. The van der Waals surface area contributed by atoms with Gasteiger partial charge in [0.1, 0.15) is 5.75 Å². The average Bonchev–Trinajstić information content (AvgIpc) is 2.29. The van der Waals surface area contributed by atoms with Crippen LogP contribution in [0.5, 0.6) is 5.75 Å². The normalized spacial score (nSPS) is 10.0. The third kappa shape index (κ3) is 3.15. The zero-order chi connectivity index (χ0) is 12.0. The summed E-state index contributed by atoms with van der Waals surface area (Å²) >= 11 is 0. The molecule has 0 aliphatic heterocycles. The molecule has 84 valence electrons. The summed E-state index contributed by atoms with van der Waals surface area (Å²) in [5, 5.41) is 0. The molecule has 1 aromatic carbocycles. The molecule has 0 saturated carbocycles. The van der Waals surface area contributed by atoms with E-state index in [0.717, 1.165) is 22.5 Å². The Morgan fingerprint density at radius 3 is 2.56 bits per heavy atom. The Labute approximate surface area is 97.8 Å². The van der Waals surface area contributed by atoms with Gasteiger partial charge in [0.2, 0.25) is 0 Å². The molecule has 0 unspecified atom stereocenters. The second kappa shape index (κ2) is 5.99. The molecule has 1 rings (SSSR count). The van der Waals surface area contributed by atoms with Gasteiger partial charge in [-0.1, -0.05) is 30.4 Å². The molecule has 1 heteroatoms. The Bertz CT molecular complexity index is 446. The molecule has 0 aliphatic rings. The maximum Gasteiger partial charge on any atom is 0.126 e. The van der Waals surface area contributed by atoms with Gasteiger partial charge in [0, 0.05) is 11.1 Å². The van der Waals surface area contributed by atoms with Crippen molar-refractivity contribution in [1.29, 1.82) is 0 Å². The number of allylic oxidation sites excluding steroid dienone is 3. The van der Waals surface area contributed by atoms with Crippen molar-refractivity contribution in [3.8, 4) is 5.75 Å². The van der Waals surface area contributed by atoms with E-state index in [9.17, 15) is 0 Å². The van der Waals surface area contributed by atoms with Crippen molar-refractivity contribution in [2.24, 2.45) is 0 Å². The Balaban J connectivity index is 3.23. The van der Waals surface area contributed by atoms with Gasteiger partial charge in [-0.3, -0.25) is 0 Å². The standard InChI is InChI=1S/C15H18O/c1-5-8-12(2)11-13(3)14-9-6-7-10-15(14)16-4/h5-10H,1-4H3/b8-5+. The van der Waals surface area contributed by atoms with E-state index in [0.29, 0.717) is 0 Å². The Kier molecular flexibility index (Phi) is 4.63. The van der Waals surface area contributed by atoms with Gasteiger partial charge in [0.25, 0.3) is 0 Å². The maximum atomic E-state index is 5.32. The molecule has 0 fully saturated rings. The highest BCUT2D eigenvalue weighted by Gasteiger charge is 2.02. The number of methoxy groups -OCH3 is 1. The van der Waals surface area contributed by atoms with Crippen LogP contribution in [0.1, 0.15) is 26.3 Å². The summed E-state index contributed by atoms with van der Waals surface area (Å²) in [4.78, 5) is 0. The van der Waals surface area contributed by atoms with E-state index in [2.05, 4.69) is 5.73 Å². The zero-order valence-electron chi connectivity index (χ0n) is 10.4. The first-order valence-corrected chi connectivity index (χ1v) is 5.39. The molecule has 1 aromatic rings. The lowest BCUT2D eigenvalue weighted by atomic mass is 10.1. The molecule has 0 N–H and O–H groups in total. The van der Waals surface area contributed by atoms with E-state index in [1.165, 1.54) is 0 Å². The van der Waals surface area contributed by atoms with Crippen molar-refractivity contribution in [2.75, 3.05) is 7.11 Å². The maximum absolute atomic E-state index is 5.32. The summed E-state index contributed by atoms with van der Waals surface area (Å²) in [7, 11) is 1.69. The molecule has 0 aromatic heterocycles. The monoisotopic (exact) mass is 214 g/mol. The minimum atomic E-state index is 0.890. The molecule has 0 atom stereocenters. The van der Waals surface area contributed by atoms with Crippen LogP contribution in [0, 0.1) is 0 Å². The van der Waals surface area contributed by atoms with E-state index < -0.39 is 0 Å². The van der Waals surface area contributed by atoms with Gasteiger partial charge in [0.05, 0.1) is 7.11 Å². The topological polar surface area (TPSA) is 9.23 Å². The quantitative estimate of drug-likeness (QED) is 0.540. The predicted molar refractivity (Wildman–Crippen MR) is 69.6 cm³/mol. The Morgan fingerprint density at radius 1 is 1.25 bits per heavy atom. The van der Waals surface area contributed by atoms with Gasteiger partial charge in [-0.05, 0) is 32.4 Å². The molecule has 0 aliphatic carbocycles. The fourth-order valence-corrected chi connectivity index (χ4v) is 1.61. The van der Waals surface area contributed by atoms with Gasteiger partial charge in [-0.25, -0.2) is 0 Å². The smallest absolute Gasteiger partial charge is 0.126 e. The summed E-state index contributed by atoms with van der Waals surface area (Å²) in [6.07, 6.45) is 4.05. The second-order valence-corrected chi connectivity index (χ2v) is 3.63. The number of rotatable bonds is 3. The number of para-hydroxylation sites is 1. The van der Waals surface area contributed by atoms with Crippen LogP contribution in [0.2, 0.25) is 0 Å². The Hall–Kier alpha value is -1.72. The first kappa shape index (κ1) is 12.4. The van der Waals surface area contributed by atoms with E-state index in [1.54, 1.807) is 7.11 Å². The number of hydrogen-bond donors (Lipinski definition) is 0. The molecular formula is C15H18O. The molecule has 0 heterocycles. The van der Waals surface area contributed by atoms with Crippen LogP contribution >= 0.6 is 0 Å². The summed E-state index contributed by atoms with van der Waals surface area (Å²) < 4.78 is 5.32. The highest BCUT2D eigenvalue weighted by molar-refractivity contribution is 5.69. The van der Waals surface area contributed by atoms with Gasteiger partial charge >= 0.3 is 0 Å². The minimum Gasteiger partial charge on any atom is -0.496 e. The van der Waals surface area contributed by atoms with Crippen LogP contribution in [0.4, 0.5) is 0 Å². The van der Waals surface area contributed by atoms with E-state index >= 15 is 0 Å². The predicted octanol–water partition coefficient (Wildman–Crippen LogP) is 4.22. The number of benzene rings is 1. The number of hydrogen-bond acceptors (Lipinski definition) is 1. The van der Waals surface area contributed by atoms with Crippen molar-refractivity contribution < 1.29 is 4.74 Å². The van der Waals surface area contributed by atoms with Crippen LogP contribution < -0.4 is 4.74 Å². The van der Waals surface area contributed by atoms with Crippen LogP contribution in [-0.4, -0.2) is 7.11 Å². The first-order chi connectivity index (χ1) is 7.69. The SMILES string of the molecule is C/C=C/C(C)=C=C(C)c1ccccc1OC. The summed E-state index contributed by atoms with van der Waals surface area (Å²) in [6.45, 7) is 6.09. The molecule has 16 heavy (non-hydrogen) atoms. The molecule has 1 nitrogen and oxygen atoms in total. The van der Waals surface area contributed by atoms with Crippen molar-refractivity contribution >= 4 is 5.57 Å². The molecule has 0 bridgehead atoms. The largest absolute Gasteiger partial charge is 0.496 e. The summed E-state index contributed by atoms with van der Waals surface area (Å²) in [6, 6.07) is 7.99. The second-order valence-electron chi connectivity index (χ2n) is 3.63. The minimum absolute atomic E-state index is 0.890. The highest BCUT2D eigenvalue weighted by Crippen LogP contribution is 2.24.